The molecule has 3 amide bonds. The van der Waals surface area contributed by atoms with E-state index in [9.17, 15) is 14.4 Å². The lowest BCUT2D eigenvalue weighted by Gasteiger charge is -2.13. The second-order valence-electron chi connectivity index (χ2n) is 7.45. The third kappa shape index (κ3) is 5.19. The van der Waals surface area contributed by atoms with Gasteiger partial charge in [-0.3, -0.25) is 14.4 Å². The van der Waals surface area contributed by atoms with Crippen molar-refractivity contribution in [3.8, 4) is 0 Å². The van der Waals surface area contributed by atoms with E-state index in [0.717, 1.165) is 12.8 Å². The van der Waals surface area contributed by atoms with Gasteiger partial charge in [0.1, 0.15) is 0 Å². The van der Waals surface area contributed by atoms with E-state index in [0.29, 0.717) is 35.0 Å². The molecule has 2 aromatic carbocycles. The van der Waals surface area contributed by atoms with Crippen LogP contribution in [-0.4, -0.2) is 24.3 Å². The van der Waals surface area contributed by atoms with Crippen LogP contribution in [0.3, 0.4) is 0 Å². The van der Waals surface area contributed by atoms with Crippen LogP contribution in [-0.2, 0) is 4.79 Å². The van der Waals surface area contributed by atoms with Gasteiger partial charge in [0.2, 0.25) is 5.91 Å². The Bertz CT molecular complexity index is 888. The van der Waals surface area contributed by atoms with Gasteiger partial charge in [0.05, 0.1) is 11.3 Å². The lowest BCUT2D eigenvalue weighted by molar-refractivity contribution is -0.117. The summed E-state index contributed by atoms with van der Waals surface area (Å²) in [6, 6.07) is 13.7. The van der Waals surface area contributed by atoms with Crippen LogP contribution in [0.25, 0.3) is 0 Å². The van der Waals surface area contributed by atoms with Crippen molar-refractivity contribution in [3.05, 3.63) is 59.7 Å². The number of nitrogens with one attached hydrogen (secondary N) is 3. The molecule has 0 radical (unpaired) electrons. The molecule has 0 aliphatic heterocycles. The molecular formula is C22H25N3O3. The normalized spacial score (nSPS) is 13.1. The van der Waals surface area contributed by atoms with Gasteiger partial charge in [0.25, 0.3) is 11.8 Å². The van der Waals surface area contributed by atoms with Crippen LogP contribution < -0.4 is 16.0 Å². The van der Waals surface area contributed by atoms with E-state index in [-0.39, 0.29) is 23.6 Å². The van der Waals surface area contributed by atoms with Gasteiger partial charge in [-0.2, -0.15) is 0 Å². The fourth-order valence-corrected chi connectivity index (χ4v) is 2.70. The molecule has 1 fully saturated rings. The quantitative estimate of drug-likeness (QED) is 0.686. The molecule has 6 nitrogen and oxygen atoms in total. The maximum Gasteiger partial charge on any atom is 0.255 e. The minimum Gasteiger partial charge on any atom is -0.352 e. The SMILES string of the molecule is CC(C)CNC(=O)c1ccccc1NC(=O)c1cccc(NC(=O)C2CC2)c1. The highest BCUT2D eigenvalue weighted by atomic mass is 16.2. The number of carbonyl (C=O) groups is 3. The highest BCUT2D eigenvalue weighted by Crippen LogP contribution is 2.30. The largest absolute Gasteiger partial charge is 0.352 e. The molecule has 3 rings (SSSR count). The molecule has 3 N–H and O–H groups in total. The zero-order valence-corrected chi connectivity index (χ0v) is 16.1. The first-order valence-corrected chi connectivity index (χ1v) is 9.53. The summed E-state index contributed by atoms with van der Waals surface area (Å²) in [5.41, 5.74) is 1.86. The van der Waals surface area contributed by atoms with Gasteiger partial charge in [0.15, 0.2) is 0 Å². The number of rotatable bonds is 7. The number of carbonyl (C=O) groups excluding carboxylic acids is 3. The van der Waals surface area contributed by atoms with Crippen LogP contribution in [0.15, 0.2) is 48.5 Å². The lowest BCUT2D eigenvalue weighted by atomic mass is 10.1. The van der Waals surface area contributed by atoms with Gasteiger partial charge in [-0.1, -0.05) is 32.0 Å². The second-order valence-corrected chi connectivity index (χ2v) is 7.45. The Morgan fingerprint density at radius 3 is 2.43 bits per heavy atom. The van der Waals surface area contributed by atoms with E-state index < -0.39 is 0 Å². The third-order valence-electron chi connectivity index (χ3n) is 4.43. The molecule has 0 saturated heterocycles. The van der Waals surface area contributed by atoms with Crippen LogP contribution in [0.4, 0.5) is 11.4 Å². The van der Waals surface area contributed by atoms with Crippen molar-refractivity contribution < 1.29 is 14.4 Å². The molecule has 146 valence electrons. The number of amides is 3. The predicted octanol–water partition coefficient (Wildman–Crippen LogP) is 3.67. The fraction of sp³-hybridized carbons (Fsp3) is 0.318. The van der Waals surface area contributed by atoms with E-state index >= 15 is 0 Å². The molecule has 28 heavy (non-hydrogen) atoms. The maximum atomic E-state index is 12.7. The van der Waals surface area contributed by atoms with Crippen molar-refractivity contribution in [3.63, 3.8) is 0 Å². The van der Waals surface area contributed by atoms with Gasteiger partial charge in [-0.05, 0) is 49.1 Å². The predicted molar refractivity (Wildman–Crippen MR) is 109 cm³/mol. The van der Waals surface area contributed by atoms with Crippen LogP contribution in [0.1, 0.15) is 47.4 Å². The van der Waals surface area contributed by atoms with Crippen LogP contribution in [0.2, 0.25) is 0 Å². The van der Waals surface area contributed by atoms with Gasteiger partial charge in [0, 0.05) is 23.7 Å². The Morgan fingerprint density at radius 1 is 0.964 bits per heavy atom. The third-order valence-corrected chi connectivity index (χ3v) is 4.43. The van der Waals surface area contributed by atoms with Crippen molar-refractivity contribution >= 4 is 29.1 Å². The molecule has 0 unspecified atom stereocenters. The number of hydrogen-bond acceptors (Lipinski definition) is 3. The zero-order valence-electron chi connectivity index (χ0n) is 16.1. The van der Waals surface area contributed by atoms with Crippen LogP contribution in [0, 0.1) is 11.8 Å². The second kappa shape index (κ2) is 8.69. The smallest absolute Gasteiger partial charge is 0.255 e. The molecule has 0 atom stereocenters. The molecular weight excluding hydrogens is 354 g/mol. The summed E-state index contributed by atoms with van der Waals surface area (Å²) in [5.74, 6) is -0.153. The van der Waals surface area contributed by atoms with Gasteiger partial charge in [-0.15, -0.1) is 0 Å². The number of anilines is 2. The molecule has 2 aromatic rings. The summed E-state index contributed by atoms with van der Waals surface area (Å²) in [4.78, 5) is 37.0. The highest BCUT2D eigenvalue weighted by molar-refractivity contribution is 6.09. The number of para-hydroxylation sites is 1. The average Bonchev–Trinajstić information content (AvgIpc) is 3.52. The summed E-state index contributed by atoms with van der Waals surface area (Å²) in [6.07, 6.45) is 1.84. The fourth-order valence-electron chi connectivity index (χ4n) is 2.70. The summed E-state index contributed by atoms with van der Waals surface area (Å²) >= 11 is 0. The first-order valence-electron chi connectivity index (χ1n) is 9.53. The van der Waals surface area contributed by atoms with E-state index in [1.54, 1.807) is 48.5 Å². The molecule has 0 bridgehead atoms. The first-order chi connectivity index (χ1) is 13.4. The Kier molecular flexibility index (Phi) is 6.09. The maximum absolute atomic E-state index is 12.7. The molecule has 0 spiro atoms. The monoisotopic (exact) mass is 379 g/mol. The van der Waals surface area contributed by atoms with Crippen molar-refractivity contribution in [1.29, 1.82) is 0 Å². The lowest BCUT2D eigenvalue weighted by Crippen LogP contribution is -2.28. The zero-order chi connectivity index (χ0) is 20.1. The molecule has 0 aromatic heterocycles. The van der Waals surface area contributed by atoms with E-state index in [2.05, 4.69) is 16.0 Å². The number of benzene rings is 2. The topological polar surface area (TPSA) is 87.3 Å². The Balaban J connectivity index is 1.71. The number of hydrogen-bond donors (Lipinski definition) is 3. The van der Waals surface area contributed by atoms with E-state index in [1.165, 1.54) is 0 Å². The Labute approximate surface area is 164 Å². The van der Waals surface area contributed by atoms with Crippen molar-refractivity contribution in [2.24, 2.45) is 11.8 Å². The minimum absolute atomic E-state index is 0.00951. The van der Waals surface area contributed by atoms with Crippen molar-refractivity contribution in [2.45, 2.75) is 26.7 Å². The van der Waals surface area contributed by atoms with Gasteiger partial charge in [-0.25, -0.2) is 0 Å². The Hall–Kier alpha value is -3.15. The van der Waals surface area contributed by atoms with Gasteiger partial charge < -0.3 is 16.0 Å². The molecule has 1 saturated carbocycles. The summed E-state index contributed by atoms with van der Waals surface area (Å²) in [6.45, 7) is 4.59. The highest BCUT2D eigenvalue weighted by Gasteiger charge is 2.29. The molecule has 0 heterocycles. The van der Waals surface area contributed by atoms with Crippen LogP contribution in [0.5, 0.6) is 0 Å². The minimum atomic E-state index is -0.341. The standard InChI is InChI=1S/C22H25N3O3/c1-14(2)13-23-22(28)18-8-3-4-9-19(18)25-21(27)16-6-5-7-17(12-16)24-20(26)15-10-11-15/h3-9,12,14-15H,10-11,13H2,1-2H3,(H,23,28)(H,24,26)(H,25,27). The van der Waals surface area contributed by atoms with Crippen molar-refractivity contribution in [2.75, 3.05) is 17.2 Å². The molecule has 1 aliphatic rings. The van der Waals surface area contributed by atoms with E-state index in [1.807, 2.05) is 13.8 Å². The van der Waals surface area contributed by atoms with Crippen molar-refractivity contribution in [1.82, 2.24) is 5.32 Å². The van der Waals surface area contributed by atoms with Gasteiger partial charge >= 0.3 is 0 Å². The van der Waals surface area contributed by atoms with Crippen LogP contribution >= 0.6 is 0 Å². The summed E-state index contributed by atoms with van der Waals surface area (Å²) < 4.78 is 0. The first kappa shape index (κ1) is 19.6. The average molecular weight is 379 g/mol. The Morgan fingerprint density at radius 2 is 1.71 bits per heavy atom. The summed E-state index contributed by atoms with van der Waals surface area (Å²) in [5, 5.41) is 8.50. The van der Waals surface area contributed by atoms with E-state index in [4.69, 9.17) is 0 Å². The molecule has 6 heteroatoms. The summed E-state index contributed by atoms with van der Waals surface area (Å²) in [7, 11) is 0. The molecule has 1 aliphatic carbocycles.